The van der Waals surface area contributed by atoms with Crippen molar-refractivity contribution in [2.24, 2.45) is 5.41 Å². The smallest absolute Gasteiger partial charge is 0.236 e. The molecule has 6 heteroatoms. The highest BCUT2D eigenvalue weighted by atomic mass is 19.1. The predicted octanol–water partition coefficient (Wildman–Crippen LogP) is 4.73. The highest BCUT2D eigenvalue weighted by Crippen LogP contribution is 2.57. The average molecular weight is 419 g/mol. The summed E-state index contributed by atoms with van der Waals surface area (Å²) in [7, 11) is 0. The number of benzene rings is 2. The molecule has 1 spiro atoms. The molecule has 1 amide bonds. The van der Waals surface area contributed by atoms with E-state index in [4.69, 9.17) is 0 Å². The number of rotatable bonds is 4. The Bertz CT molecular complexity index is 1100. The quantitative estimate of drug-likeness (QED) is 0.574. The van der Waals surface area contributed by atoms with Crippen molar-refractivity contribution in [3.05, 3.63) is 95.8 Å². The Morgan fingerprint density at radius 3 is 2.48 bits per heavy atom. The molecule has 0 radical (unpaired) electrons. The Morgan fingerprint density at radius 2 is 1.77 bits per heavy atom. The van der Waals surface area contributed by atoms with E-state index in [1.54, 1.807) is 29.3 Å². The lowest BCUT2D eigenvalue weighted by molar-refractivity contribution is -0.145. The zero-order valence-corrected chi connectivity index (χ0v) is 17.0. The minimum absolute atomic E-state index is 0.0432. The molecule has 2 aliphatic rings. The third-order valence-corrected chi connectivity index (χ3v) is 6.63. The van der Waals surface area contributed by atoms with Crippen LogP contribution in [0.5, 0.6) is 0 Å². The van der Waals surface area contributed by atoms with Crippen molar-refractivity contribution in [3.8, 4) is 0 Å². The van der Waals surface area contributed by atoms with Crippen molar-refractivity contribution in [2.45, 2.75) is 25.4 Å². The number of carbonyl (C=O) groups excluding carboxylic acids is 1. The largest absolute Gasteiger partial charge is 0.303 e. The molecule has 2 aromatic carbocycles. The fourth-order valence-electron chi connectivity index (χ4n) is 5.02. The summed E-state index contributed by atoms with van der Waals surface area (Å²) < 4.78 is 27.9. The monoisotopic (exact) mass is 419 g/mol. The molecule has 3 aromatic rings. The van der Waals surface area contributed by atoms with Crippen LogP contribution in [0.1, 0.15) is 30.0 Å². The summed E-state index contributed by atoms with van der Waals surface area (Å²) in [5.74, 6) is -0.615. The van der Waals surface area contributed by atoms with Gasteiger partial charge in [-0.1, -0.05) is 36.4 Å². The summed E-state index contributed by atoms with van der Waals surface area (Å²) >= 11 is 0. The molecule has 158 valence electrons. The number of pyridine rings is 1. The molecule has 0 N–H and O–H groups in total. The van der Waals surface area contributed by atoms with Gasteiger partial charge in [-0.2, -0.15) is 0 Å². The number of piperidine rings is 1. The number of nitrogens with zero attached hydrogens (tertiary/aromatic N) is 3. The third-order valence-electron chi connectivity index (χ3n) is 6.63. The van der Waals surface area contributed by atoms with E-state index in [9.17, 15) is 13.6 Å². The summed E-state index contributed by atoms with van der Waals surface area (Å²) in [5.41, 5.74) is 1.75. The number of halogens is 2. The molecule has 2 fully saturated rings. The molecule has 2 aliphatic heterocycles. The SMILES string of the molecule is O=C1N(c2cccc(F)c2)C(c2ccccc2)C12CCN(Cc1ccncc1F)CC2. The molecule has 4 nitrogen and oxygen atoms in total. The highest BCUT2D eigenvalue weighted by Gasteiger charge is 2.61. The molecule has 2 saturated heterocycles. The fraction of sp³-hybridized carbons (Fsp3) is 0.280. The number of anilines is 1. The standard InChI is InChI=1S/C25H23F2N3O/c26-20-7-4-8-21(15-20)30-23(18-5-2-1-3-6-18)25(24(30)31)10-13-29(14-11-25)17-19-9-12-28-16-22(19)27/h1-9,12,15-16,23H,10-11,13-14,17H2. The van der Waals surface area contributed by atoms with Crippen LogP contribution in [0.25, 0.3) is 0 Å². The number of β-lactam (4-membered cyclic amide) rings is 1. The van der Waals surface area contributed by atoms with Gasteiger partial charge in [-0.05, 0) is 55.8 Å². The Morgan fingerprint density at radius 1 is 1.00 bits per heavy atom. The summed E-state index contributed by atoms with van der Waals surface area (Å²) in [6, 6.07) is 17.7. The average Bonchev–Trinajstić information content (AvgIpc) is 2.79. The second-order valence-corrected chi connectivity index (χ2v) is 8.37. The van der Waals surface area contributed by atoms with Gasteiger partial charge in [-0.15, -0.1) is 0 Å². The maximum absolute atomic E-state index is 14.0. The van der Waals surface area contributed by atoms with Crippen LogP contribution in [0.3, 0.4) is 0 Å². The molecule has 1 unspecified atom stereocenters. The molecule has 0 bridgehead atoms. The van der Waals surface area contributed by atoms with Crippen molar-refractivity contribution in [1.29, 1.82) is 0 Å². The van der Waals surface area contributed by atoms with Gasteiger partial charge in [0.2, 0.25) is 5.91 Å². The summed E-state index contributed by atoms with van der Waals surface area (Å²) in [5, 5.41) is 0. The van der Waals surface area contributed by atoms with E-state index in [0.717, 1.165) is 5.56 Å². The van der Waals surface area contributed by atoms with Crippen molar-refractivity contribution in [1.82, 2.24) is 9.88 Å². The Hall–Kier alpha value is -3.12. The maximum Gasteiger partial charge on any atom is 0.236 e. The Balaban J connectivity index is 1.40. The predicted molar refractivity (Wildman–Crippen MR) is 114 cm³/mol. The van der Waals surface area contributed by atoms with Gasteiger partial charge in [-0.3, -0.25) is 14.7 Å². The molecule has 31 heavy (non-hydrogen) atoms. The van der Waals surface area contributed by atoms with E-state index in [1.165, 1.54) is 18.3 Å². The van der Waals surface area contributed by atoms with Crippen LogP contribution in [0, 0.1) is 17.0 Å². The number of likely N-dealkylation sites (tertiary alicyclic amines) is 1. The van der Waals surface area contributed by atoms with Gasteiger partial charge in [-0.25, -0.2) is 8.78 Å². The van der Waals surface area contributed by atoms with Gasteiger partial charge in [0.05, 0.1) is 17.7 Å². The Labute approximate surface area is 180 Å². The summed E-state index contributed by atoms with van der Waals surface area (Å²) in [6.07, 6.45) is 4.20. The molecule has 0 aliphatic carbocycles. The van der Waals surface area contributed by atoms with Gasteiger partial charge in [0, 0.05) is 24.0 Å². The lowest BCUT2D eigenvalue weighted by atomic mass is 9.62. The second kappa shape index (κ2) is 7.85. The third kappa shape index (κ3) is 3.41. The lowest BCUT2D eigenvalue weighted by Crippen LogP contribution is -2.66. The van der Waals surface area contributed by atoms with E-state index in [2.05, 4.69) is 9.88 Å². The van der Waals surface area contributed by atoms with Gasteiger partial charge in [0.15, 0.2) is 0 Å². The molecule has 3 heterocycles. The fourth-order valence-corrected chi connectivity index (χ4v) is 5.02. The molecule has 1 atom stereocenters. The first kappa shape index (κ1) is 19.8. The first-order valence-corrected chi connectivity index (χ1v) is 10.5. The van der Waals surface area contributed by atoms with Crippen molar-refractivity contribution >= 4 is 11.6 Å². The van der Waals surface area contributed by atoms with Crippen molar-refractivity contribution in [3.63, 3.8) is 0 Å². The van der Waals surface area contributed by atoms with Crippen LogP contribution in [0.2, 0.25) is 0 Å². The van der Waals surface area contributed by atoms with Gasteiger partial charge in [0.1, 0.15) is 11.6 Å². The van der Waals surface area contributed by atoms with Gasteiger partial charge < -0.3 is 4.90 Å². The van der Waals surface area contributed by atoms with Crippen LogP contribution in [0.4, 0.5) is 14.5 Å². The number of hydrogen-bond acceptors (Lipinski definition) is 3. The number of carbonyl (C=O) groups is 1. The zero-order valence-electron chi connectivity index (χ0n) is 17.0. The van der Waals surface area contributed by atoms with Crippen molar-refractivity contribution < 1.29 is 13.6 Å². The van der Waals surface area contributed by atoms with E-state index in [0.29, 0.717) is 43.7 Å². The molecule has 1 aromatic heterocycles. The first-order valence-electron chi connectivity index (χ1n) is 10.5. The number of hydrogen-bond donors (Lipinski definition) is 0. The first-order chi connectivity index (χ1) is 15.1. The van der Waals surface area contributed by atoms with Crippen LogP contribution in [-0.4, -0.2) is 28.9 Å². The minimum atomic E-state index is -0.513. The molecular weight excluding hydrogens is 396 g/mol. The topological polar surface area (TPSA) is 36.4 Å². The number of amides is 1. The van der Waals surface area contributed by atoms with Gasteiger partial charge >= 0.3 is 0 Å². The summed E-state index contributed by atoms with van der Waals surface area (Å²) in [6.45, 7) is 1.91. The summed E-state index contributed by atoms with van der Waals surface area (Å²) in [4.78, 5) is 21.2. The van der Waals surface area contributed by atoms with E-state index in [1.807, 2.05) is 30.3 Å². The molecule has 5 rings (SSSR count). The molecular formula is C25H23F2N3O. The highest BCUT2D eigenvalue weighted by molar-refractivity contribution is 6.06. The number of aromatic nitrogens is 1. The minimum Gasteiger partial charge on any atom is -0.303 e. The van der Waals surface area contributed by atoms with Crippen LogP contribution in [-0.2, 0) is 11.3 Å². The van der Waals surface area contributed by atoms with Crippen LogP contribution in [0.15, 0.2) is 73.1 Å². The van der Waals surface area contributed by atoms with E-state index in [-0.39, 0.29) is 23.6 Å². The van der Waals surface area contributed by atoms with Gasteiger partial charge in [0.25, 0.3) is 0 Å². The normalized spacial score (nSPS) is 20.6. The van der Waals surface area contributed by atoms with Crippen molar-refractivity contribution in [2.75, 3.05) is 18.0 Å². The molecule has 0 saturated carbocycles. The van der Waals surface area contributed by atoms with Crippen LogP contribution >= 0.6 is 0 Å². The van der Waals surface area contributed by atoms with E-state index < -0.39 is 5.41 Å². The zero-order chi connectivity index (χ0) is 21.4. The second-order valence-electron chi connectivity index (χ2n) is 8.37. The van der Waals surface area contributed by atoms with Crippen LogP contribution < -0.4 is 4.90 Å². The van der Waals surface area contributed by atoms with E-state index >= 15 is 0 Å². The Kier molecular flexibility index (Phi) is 5.02. The lowest BCUT2D eigenvalue weighted by Gasteiger charge is -2.59. The maximum atomic E-state index is 14.0.